The Morgan fingerprint density at radius 2 is 2.25 bits per heavy atom. The molecule has 1 aliphatic carbocycles. The maximum absolute atomic E-state index is 11.6. The number of nitrogens with zero attached hydrogens (tertiary/aromatic N) is 2. The standard InChI is InChI=1S/C16H23N3O/c1-9(2)6-12-7-14-13(8-19(5)18-14)15(10(12)3)11(4)16(17)20/h8-9,12H,4,6-7H2,1-3,5H3,(H2,17,20). The van der Waals surface area contributed by atoms with E-state index in [1.165, 1.54) is 5.57 Å². The molecule has 1 unspecified atom stereocenters. The van der Waals surface area contributed by atoms with Gasteiger partial charge in [-0.1, -0.05) is 26.0 Å². The smallest absolute Gasteiger partial charge is 0.248 e. The molecule has 20 heavy (non-hydrogen) atoms. The molecule has 0 aliphatic heterocycles. The number of rotatable bonds is 4. The van der Waals surface area contributed by atoms with Crippen molar-refractivity contribution < 1.29 is 4.79 Å². The molecule has 0 saturated heterocycles. The number of amides is 1. The first-order chi connectivity index (χ1) is 9.31. The first-order valence-corrected chi connectivity index (χ1v) is 7.04. The van der Waals surface area contributed by atoms with Gasteiger partial charge in [0.05, 0.1) is 5.69 Å². The first kappa shape index (κ1) is 14.6. The lowest BCUT2D eigenvalue weighted by molar-refractivity contribution is -0.114. The van der Waals surface area contributed by atoms with Crippen LogP contribution >= 0.6 is 0 Å². The summed E-state index contributed by atoms with van der Waals surface area (Å²) in [5, 5.41) is 4.52. The molecule has 0 bridgehead atoms. The third-order valence-electron chi connectivity index (χ3n) is 3.98. The van der Waals surface area contributed by atoms with Gasteiger partial charge in [0.15, 0.2) is 0 Å². The van der Waals surface area contributed by atoms with E-state index in [-0.39, 0.29) is 0 Å². The maximum atomic E-state index is 11.6. The molecule has 0 fully saturated rings. The van der Waals surface area contributed by atoms with Crippen molar-refractivity contribution in [3.8, 4) is 0 Å². The van der Waals surface area contributed by atoms with Crippen LogP contribution in [0.5, 0.6) is 0 Å². The molecule has 2 N–H and O–H groups in total. The van der Waals surface area contributed by atoms with Crippen LogP contribution < -0.4 is 5.73 Å². The van der Waals surface area contributed by atoms with Crippen LogP contribution in [-0.4, -0.2) is 15.7 Å². The van der Waals surface area contributed by atoms with E-state index in [9.17, 15) is 4.79 Å². The second-order valence-electron chi connectivity index (χ2n) is 6.09. The summed E-state index contributed by atoms with van der Waals surface area (Å²) in [5.41, 5.74) is 10.00. The number of hydrogen-bond donors (Lipinski definition) is 1. The topological polar surface area (TPSA) is 60.9 Å². The lowest BCUT2D eigenvalue weighted by Crippen LogP contribution is -2.21. The highest BCUT2D eigenvalue weighted by atomic mass is 16.1. The van der Waals surface area contributed by atoms with Crippen LogP contribution in [0.1, 0.15) is 38.4 Å². The molecular weight excluding hydrogens is 250 g/mol. The fourth-order valence-electron chi connectivity index (χ4n) is 3.05. The van der Waals surface area contributed by atoms with Crippen molar-refractivity contribution in [2.75, 3.05) is 0 Å². The van der Waals surface area contributed by atoms with Crippen molar-refractivity contribution in [2.45, 2.75) is 33.6 Å². The Kier molecular flexibility index (Phi) is 3.84. The van der Waals surface area contributed by atoms with Crippen molar-refractivity contribution >= 4 is 11.5 Å². The molecule has 0 aromatic carbocycles. The maximum Gasteiger partial charge on any atom is 0.248 e. The third kappa shape index (κ3) is 2.55. The van der Waals surface area contributed by atoms with Gasteiger partial charge >= 0.3 is 0 Å². The van der Waals surface area contributed by atoms with Gasteiger partial charge in [-0.25, -0.2) is 0 Å². The van der Waals surface area contributed by atoms with Crippen molar-refractivity contribution in [1.82, 2.24) is 9.78 Å². The van der Waals surface area contributed by atoms with Crippen LogP contribution in [0, 0.1) is 11.8 Å². The van der Waals surface area contributed by atoms with E-state index in [4.69, 9.17) is 5.73 Å². The van der Waals surface area contributed by atoms with Crippen molar-refractivity contribution in [3.63, 3.8) is 0 Å². The highest BCUT2D eigenvalue weighted by Crippen LogP contribution is 2.39. The molecule has 0 radical (unpaired) electrons. The minimum Gasteiger partial charge on any atom is -0.366 e. The molecule has 108 valence electrons. The molecule has 0 spiro atoms. The number of allylic oxidation sites excluding steroid dienone is 1. The van der Waals surface area contributed by atoms with Crippen molar-refractivity contribution in [2.24, 2.45) is 24.6 Å². The lowest BCUT2D eigenvalue weighted by Gasteiger charge is -2.27. The van der Waals surface area contributed by atoms with Gasteiger partial charge in [0.25, 0.3) is 0 Å². The fourth-order valence-corrected chi connectivity index (χ4v) is 3.05. The second-order valence-corrected chi connectivity index (χ2v) is 6.09. The molecular formula is C16H23N3O. The normalized spacial score (nSPS) is 18.4. The van der Waals surface area contributed by atoms with Gasteiger partial charge in [0.1, 0.15) is 0 Å². The molecule has 1 heterocycles. The van der Waals surface area contributed by atoms with Gasteiger partial charge < -0.3 is 5.73 Å². The first-order valence-electron chi connectivity index (χ1n) is 7.04. The number of hydrogen-bond acceptors (Lipinski definition) is 2. The van der Waals surface area contributed by atoms with Gasteiger partial charge in [-0.3, -0.25) is 9.48 Å². The number of carbonyl (C=O) groups excluding carboxylic acids is 1. The quantitative estimate of drug-likeness (QED) is 0.857. The summed E-state index contributed by atoms with van der Waals surface area (Å²) in [5.74, 6) is 0.547. The lowest BCUT2D eigenvalue weighted by atomic mass is 9.76. The summed E-state index contributed by atoms with van der Waals surface area (Å²) in [6, 6.07) is 0. The van der Waals surface area contributed by atoms with Gasteiger partial charge in [-0.05, 0) is 37.2 Å². The number of aryl methyl sites for hydroxylation is 1. The van der Waals surface area contributed by atoms with E-state index >= 15 is 0 Å². The Morgan fingerprint density at radius 3 is 2.80 bits per heavy atom. The average Bonchev–Trinajstić information content (AvgIpc) is 2.68. The Hall–Kier alpha value is -1.84. The minimum atomic E-state index is -0.459. The fraction of sp³-hybridized carbons (Fsp3) is 0.500. The van der Waals surface area contributed by atoms with Crippen molar-refractivity contribution in [3.05, 3.63) is 35.2 Å². The zero-order valence-corrected chi connectivity index (χ0v) is 12.7. The Balaban J connectivity index is 2.53. The number of aromatic nitrogens is 2. The van der Waals surface area contributed by atoms with E-state index in [1.807, 2.05) is 13.2 Å². The van der Waals surface area contributed by atoms with Gasteiger partial charge in [-0.15, -0.1) is 0 Å². The van der Waals surface area contributed by atoms with E-state index in [1.54, 1.807) is 4.68 Å². The summed E-state index contributed by atoms with van der Waals surface area (Å²) in [6.07, 6.45) is 3.96. The SMILES string of the molecule is C=C(C(N)=O)C1=C(C)C(CC(C)C)Cc2nn(C)cc21. The van der Waals surface area contributed by atoms with Crippen LogP contribution in [0.4, 0.5) is 0 Å². The molecule has 2 rings (SSSR count). The molecule has 1 amide bonds. The van der Waals surface area contributed by atoms with Crippen LogP contribution in [0.25, 0.3) is 5.57 Å². The van der Waals surface area contributed by atoms with E-state index in [0.29, 0.717) is 17.4 Å². The molecule has 4 heteroatoms. The highest BCUT2D eigenvalue weighted by Gasteiger charge is 2.29. The average molecular weight is 273 g/mol. The van der Waals surface area contributed by atoms with Crippen molar-refractivity contribution in [1.29, 1.82) is 0 Å². The molecule has 0 saturated carbocycles. The molecule has 4 nitrogen and oxygen atoms in total. The predicted molar refractivity (Wildman–Crippen MR) is 80.8 cm³/mol. The van der Waals surface area contributed by atoms with Crippen LogP contribution in [0.2, 0.25) is 0 Å². The van der Waals surface area contributed by atoms with Crippen LogP contribution in [0.15, 0.2) is 23.9 Å². The summed E-state index contributed by atoms with van der Waals surface area (Å²) in [6.45, 7) is 10.4. The van der Waals surface area contributed by atoms with Gasteiger partial charge in [0.2, 0.25) is 5.91 Å². The van der Waals surface area contributed by atoms with Crippen LogP contribution in [-0.2, 0) is 18.3 Å². The summed E-state index contributed by atoms with van der Waals surface area (Å²) < 4.78 is 1.80. The Bertz CT molecular complexity index is 593. The Labute approximate surface area is 120 Å². The molecule has 1 atom stereocenters. The van der Waals surface area contributed by atoms with Gasteiger partial charge in [-0.2, -0.15) is 5.10 Å². The predicted octanol–water partition coefficient (Wildman–Crippen LogP) is 2.45. The zero-order chi connectivity index (χ0) is 15.0. The Morgan fingerprint density at radius 1 is 1.60 bits per heavy atom. The van der Waals surface area contributed by atoms with Gasteiger partial charge in [0, 0.05) is 24.4 Å². The third-order valence-corrected chi connectivity index (χ3v) is 3.98. The van der Waals surface area contributed by atoms with E-state index in [2.05, 4.69) is 32.4 Å². The molecule has 1 aliphatic rings. The summed E-state index contributed by atoms with van der Waals surface area (Å²) >= 11 is 0. The highest BCUT2D eigenvalue weighted by molar-refractivity contribution is 6.08. The molecule has 1 aromatic heterocycles. The number of carbonyl (C=O) groups is 1. The molecule has 1 aromatic rings. The van der Waals surface area contributed by atoms with Crippen LogP contribution in [0.3, 0.4) is 0 Å². The number of nitrogens with two attached hydrogens (primary N) is 1. The zero-order valence-electron chi connectivity index (χ0n) is 12.7. The number of fused-ring (bicyclic) bond motifs is 1. The second kappa shape index (κ2) is 5.27. The van der Waals surface area contributed by atoms with E-state index in [0.717, 1.165) is 29.7 Å². The largest absolute Gasteiger partial charge is 0.366 e. The number of primary amides is 1. The summed E-state index contributed by atoms with van der Waals surface area (Å²) in [4.78, 5) is 11.6. The monoisotopic (exact) mass is 273 g/mol. The minimum absolute atomic E-state index is 0.394. The van der Waals surface area contributed by atoms with E-state index < -0.39 is 5.91 Å². The summed E-state index contributed by atoms with van der Waals surface area (Å²) in [7, 11) is 1.90.